The third-order valence-corrected chi connectivity index (χ3v) is 5.06. The van der Waals surface area contributed by atoms with Gasteiger partial charge in [-0.25, -0.2) is 4.98 Å². The third kappa shape index (κ3) is 3.73. The van der Waals surface area contributed by atoms with Crippen molar-refractivity contribution < 1.29 is 0 Å². The van der Waals surface area contributed by atoms with Crippen molar-refractivity contribution in [2.75, 3.05) is 50.1 Å². The summed E-state index contributed by atoms with van der Waals surface area (Å²) in [7, 11) is 4.03. The highest BCUT2D eigenvalue weighted by molar-refractivity contribution is 5.48. The van der Waals surface area contributed by atoms with Crippen LogP contribution in [0.3, 0.4) is 0 Å². The molecule has 3 aromatic rings. The maximum atomic E-state index is 4.70. The van der Waals surface area contributed by atoms with E-state index in [2.05, 4.69) is 51.0 Å². The number of hydrogen-bond acceptors (Lipinski definition) is 6. The maximum absolute atomic E-state index is 4.70. The number of nitrogens with zero attached hydrogens (tertiary/aromatic N) is 7. The highest BCUT2D eigenvalue weighted by atomic mass is 15.4. The zero-order chi connectivity index (χ0) is 19.0. The van der Waals surface area contributed by atoms with Crippen molar-refractivity contribution in [3.8, 4) is 0 Å². The van der Waals surface area contributed by atoms with Gasteiger partial charge < -0.3 is 9.80 Å². The molecule has 4 rings (SSSR count). The van der Waals surface area contributed by atoms with E-state index in [-0.39, 0.29) is 0 Å². The lowest BCUT2D eigenvalue weighted by atomic mass is 10.2. The Labute approximate surface area is 160 Å². The van der Waals surface area contributed by atoms with Gasteiger partial charge in [-0.15, -0.1) is 5.10 Å². The Morgan fingerprint density at radius 3 is 2.33 bits per heavy atom. The van der Waals surface area contributed by atoms with Gasteiger partial charge in [0.15, 0.2) is 5.82 Å². The Hall–Kier alpha value is -2.67. The van der Waals surface area contributed by atoms with Gasteiger partial charge in [-0.2, -0.15) is 9.50 Å². The second kappa shape index (κ2) is 7.15. The van der Waals surface area contributed by atoms with Gasteiger partial charge in [0.1, 0.15) is 5.82 Å². The van der Waals surface area contributed by atoms with Gasteiger partial charge in [-0.05, 0) is 26.0 Å². The summed E-state index contributed by atoms with van der Waals surface area (Å²) >= 11 is 0. The van der Waals surface area contributed by atoms with E-state index < -0.39 is 0 Å². The lowest BCUT2D eigenvalue weighted by molar-refractivity contribution is 0.244. The van der Waals surface area contributed by atoms with Crippen LogP contribution in [0.2, 0.25) is 0 Å². The first-order valence-electron chi connectivity index (χ1n) is 9.44. The molecule has 0 bridgehead atoms. The van der Waals surface area contributed by atoms with Crippen molar-refractivity contribution in [2.24, 2.45) is 0 Å². The van der Waals surface area contributed by atoms with Gasteiger partial charge >= 0.3 is 0 Å². The minimum Gasteiger partial charge on any atom is -0.369 e. The van der Waals surface area contributed by atoms with Crippen LogP contribution in [0.4, 0.5) is 11.5 Å². The molecule has 0 aliphatic carbocycles. The standard InChI is InChI=1S/C20H27N7/c1-15-5-7-17(8-6-15)26-11-9-25(10-12-26)14-18-22-20-21-16(2)13-19(24(3)4)27(20)23-18/h5-8,13H,9-12,14H2,1-4H3. The van der Waals surface area contributed by atoms with E-state index in [0.29, 0.717) is 5.78 Å². The molecule has 0 spiro atoms. The van der Waals surface area contributed by atoms with Crippen LogP contribution in [0.1, 0.15) is 17.1 Å². The van der Waals surface area contributed by atoms with E-state index in [0.717, 1.165) is 50.1 Å². The molecule has 1 aromatic carbocycles. The molecular weight excluding hydrogens is 338 g/mol. The van der Waals surface area contributed by atoms with Crippen molar-refractivity contribution in [3.63, 3.8) is 0 Å². The molecule has 3 heterocycles. The number of anilines is 2. The molecule has 27 heavy (non-hydrogen) atoms. The molecule has 0 N–H and O–H groups in total. The van der Waals surface area contributed by atoms with Crippen LogP contribution in [0.15, 0.2) is 30.3 Å². The predicted octanol–water partition coefficient (Wildman–Crippen LogP) is 2.13. The van der Waals surface area contributed by atoms with E-state index in [1.807, 2.05) is 36.5 Å². The number of piperazine rings is 1. The van der Waals surface area contributed by atoms with Crippen molar-refractivity contribution >= 4 is 17.3 Å². The normalized spacial score (nSPS) is 15.5. The molecule has 142 valence electrons. The molecule has 2 aromatic heterocycles. The summed E-state index contributed by atoms with van der Waals surface area (Å²) in [5.74, 6) is 2.51. The summed E-state index contributed by atoms with van der Waals surface area (Å²) in [5.41, 5.74) is 3.56. The maximum Gasteiger partial charge on any atom is 0.254 e. The molecule has 7 nitrogen and oxygen atoms in total. The molecule has 1 fully saturated rings. The molecule has 1 aliphatic rings. The Balaban J connectivity index is 1.44. The highest BCUT2D eigenvalue weighted by Crippen LogP contribution is 2.18. The molecular formula is C20H27N7. The second-order valence-corrected chi connectivity index (χ2v) is 7.49. The molecule has 7 heteroatoms. The number of aromatic nitrogens is 4. The lowest BCUT2D eigenvalue weighted by Crippen LogP contribution is -2.46. The van der Waals surface area contributed by atoms with Crippen LogP contribution in [0.5, 0.6) is 0 Å². The monoisotopic (exact) mass is 365 g/mol. The first-order chi connectivity index (χ1) is 13.0. The van der Waals surface area contributed by atoms with Crippen molar-refractivity contribution in [1.29, 1.82) is 0 Å². The summed E-state index contributed by atoms with van der Waals surface area (Å²) in [4.78, 5) is 16.1. The first-order valence-corrected chi connectivity index (χ1v) is 9.44. The minimum absolute atomic E-state index is 0.673. The fourth-order valence-electron chi connectivity index (χ4n) is 3.51. The van der Waals surface area contributed by atoms with Gasteiger partial charge in [0.25, 0.3) is 5.78 Å². The van der Waals surface area contributed by atoms with Crippen molar-refractivity contribution in [1.82, 2.24) is 24.5 Å². The van der Waals surface area contributed by atoms with E-state index in [9.17, 15) is 0 Å². The number of fused-ring (bicyclic) bond motifs is 1. The number of rotatable bonds is 4. The van der Waals surface area contributed by atoms with Crippen LogP contribution in [0.25, 0.3) is 5.78 Å². The Kier molecular flexibility index (Phi) is 4.70. The van der Waals surface area contributed by atoms with Gasteiger partial charge in [0.05, 0.1) is 6.54 Å². The average molecular weight is 365 g/mol. The molecule has 0 unspecified atom stereocenters. The number of hydrogen-bond donors (Lipinski definition) is 0. The van der Waals surface area contributed by atoms with Crippen LogP contribution in [-0.2, 0) is 6.54 Å². The van der Waals surface area contributed by atoms with E-state index in [1.54, 1.807) is 0 Å². The SMILES string of the molecule is Cc1ccc(N2CCN(Cc3nc4nc(C)cc(N(C)C)n4n3)CC2)cc1. The summed E-state index contributed by atoms with van der Waals surface area (Å²) < 4.78 is 1.84. The topological polar surface area (TPSA) is 52.8 Å². The van der Waals surface area contributed by atoms with E-state index >= 15 is 0 Å². The van der Waals surface area contributed by atoms with Gasteiger partial charge in [0.2, 0.25) is 0 Å². The molecule has 0 saturated carbocycles. The van der Waals surface area contributed by atoms with Gasteiger partial charge in [-0.3, -0.25) is 4.90 Å². The van der Waals surface area contributed by atoms with Gasteiger partial charge in [0, 0.05) is 57.7 Å². The fourth-order valence-corrected chi connectivity index (χ4v) is 3.51. The Morgan fingerprint density at radius 2 is 1.67 bits per heavy atom. The van der Waals surface area contributed by atoms with Gasteiger partial charge in [-0.1, -0.05) is 17.7 Å². The van der Waals surface area contributed by atoms with E-state index in [4.69, 9.17) is 5.10 Å². The van der Waals surface area contributed by atoms with Crippen LogP contribution < -0.4 is 9.80 Å². The van der Waals surface area contributed by atoms with Crippen LogP contribution in [0, 0.1) is 13.8 Å². The minimum atomic E-state index is 0.673. The van der Waals surface area contributed by atoms with Crippen LogP contribution in [-0.4, -0.2) is 64.8 Å². The summed E-state index contributed by atoms with van der Waals surface area (Å²) in [6.45, 7) is 8.95. The summed E-state index contributed by atoms with van der Waals surface area (Å²) in [6.07, 6.45) is 0. The Morgan fingerprint density at radius 1 is 0.963 bits per heavy atom. The number of benzene rings is 1. The number of aryl methyl sites for hydroxylation is 2. The third-order valence-electron chi connectivity index (χ3n) is 5.06. The molecule has 1 saturated heterocycles. The Bertz CT molecular complexity index is 921. The first kappa shape index (κ1) is 17.7. The summed E-state index contributed by atoms with van der Waals surface area (Å²) in [5, 5.41) is 4.70. The summed E-state index contributed by atoms with van der Waals surface area (Å²) in [6, 6.07) is 10.8. The predicted molar refractivity (Wildman–Crippen MR) is 109 cm³/mol. The highest BCUT2D eigenvalue weighted by Gasteiger charge is 2.19. The zero-order valence-corrected chi connectivity index (χ0v) is 16.6. The average Bonchev–Trinajstić information content (AvgIpc) is 3.04. The lowest BCUT2D eigenvalue weighted by Gasteiger charge is -2.35. The fraction of sp³-hybridized carbons (Fsp3) is 0.450. The van der Waals surface area contributed by atoms with Crippen molar-refractivity contribution in [3.05, 3.63) is 47.4 Å². The molecule has 1 aliphatic heterocycles. The molecule has 0 amide bonds. The van der Waals surface area contributed by atoms with E-state index in [1.165, 1.54) is 11.3 Å². The molecule has 0 atom stereocenters. The van der Waals surface area contributed by atoms with Crippen LogP contribution >= 0.6 is 0 Å². The largest absolute Gasteiger partial charge is 0.369 e. The molecule has 0 radical (unpaired) electrons. The smallest absolute Gasteiger partial charge is 0.254 e. The second-order valence-electron chi connectivity index (χ2n) is 7.49. The zero-order valence-electron chi connectivity index (χ0n) is 16.6. The van der Waals surface area contributed by atoms with Crippen molar-refractivity contribution in [2.45, 2.75) is 20.4 Å². The quantitative estimate of drug-likeness (QED) is 0.706.